The molecule has 2 fully saturated rings. The van der Waals surface area contributed by atoms with Crippen LogP contribution in [0.15, 0.2) is 54.9 Å². The van der Waals surface area contributed by atoms with Crippen molar-refractivity contribution in [1.29, 1.82) is 0 Å². The average Bonchev–Trinajstić information content (AvgIpc) is 3.60. The lowest BCUT2D eigenvalue weighted by Crippen LogP contribution is -2.59. The Hall–Kier alpha value is -3.85. The van der Waals surface area contributed by atoms with Crippen LogP contribution < -0.4 is 5.32 Å². The van der Waals surface area contributed by atoms with E-state index in [0.717, 1.165) is 52.2 Å². The van der Waals surface area contributed by atoms with Gasteiger partial charge in [-0.25, -0.2) is 9.97 Å². The summed E-state index contributed by atoms with van der Waals surface area (Å²) in [6, 6.07) is 10.7. The van der Waals surface area contributed by atoms with Gasteiger partial charge in [-0.05, 0) is 78.5 Å². The number of allylic oxidation sites excluding steroid dienone is 2. The number of nitrogens with zero attached hydrogens (tertiary/aromatic N) is 3. The summed E-state index contributed by atoms with van der Waals surface area (Å²) >= 11 is 1.42. The summed E-state index contributed by atoms with van der Waals surface area (Å²) in [6.45, 7) is 8.92. The second-order valence-electron chi connectivity index (χ2n) is 15.4. The number of hydrogen-bond donors (Lipinski definition) is 2. The van der Waals surface area contributed by atoms with Gasteiger partial charge in [0.1, 0.15) is 6.04 Å². The van der Waals surface area contributed by atoms with E-state index in [2.05, 4.69) is 39.1 Å². The van der Waals surface area contributed by atoms with E-state index in [4.69, 9.17) is 9.97 Å². The van der Waals surface area contributed by atoms with Crippen LogP contribution in [0.5, 0.6) is 0 Å². The first-order valence-electron chi connectivity index (χ1n) is 18.0. The third-order valence-electron chi connectivity index (χ3n) is 11.0. The number of aromatic nitrogens is 2. The predicted octanol–water partition coefficient (Wildman–Crippen LogP) is 7.79. The molecule has 1 aromatic carbocycles. The number of likely N-dealkylation sites (tertiary alicyclic amines) is 1. The number of carbonyl (C=O) groups excluding carboxylic acids is 2. The highest BCUT2D eigenvalue weighted by Crippen LogP contribution is 2.41. The molecule has 0 bridgehead atoms. The zero-order chi connectivity index (χ0) is 34.7. The Bertz CT molecular complexity index is 1660. The number of nitrogens with one attached hydrogen (secondary N) is 1. The van der Waals surface area contributed by atoms with Crippen molar-refractivity contribution in [3.63, 3.8) is 0 Å². The van der Waals surface area contributed by atoms with E-state index in [1.807, 2.05) is 42.7 Å². The fourth-order valence-electron chi connectivity index (χ4n) is 7.61. The molecule has 0 radical (unpaired) electrons. The van der Waals surface area contributed by atoms with E-state index in [9.17, 15) is 19.5 Å². The van der Waals surface area contributed by atoms with Crippen LogP contribution in [0.4, 0.5) is 0 Å². The first-order chi connectivity index (χ1) is 23.5. The highest BCUT2D eigenvalue weighted by Gasteiger charge is 2.39. The summed E-state index contributed by atoms with van der Waals surface area (Å²) in [5.41, 5.74) is 4.12. The fourth-order valence-corrected chi connectivity index (χ4v) is 8.58. The number of thiophene rings is 1. The largest absolute Gasteiger partial charge is 0.481 e. The number of carboxylic acid groups (broad SMARTS) is 1. The van der Waals surface area contributed by atoms with Crippen molar-refractivity contribution in [3.8, 4) is 11.4 Å². The Morgan fingerprint density at radius 3 is 2.20 bits per heavy atom. The van der Waals surface area contributed by atoms with Gasteiger partial charge in [-0.2, -0.15) is 0 Å². The summed E-state index contributed by atoms with van der Waals surface area (Å²) in [4.78, 5) is 50.7. The van der Waals surface area contributed by atoms with Crippen LogP contribution in [0, 0.1) is 23.7 Å². The van der Waals surface area contributed by atoms with Gasteiger partial charge >= 0.3 is 5.97 Å². The van der Waals surface area contributed by atoms with E-state index < -0.39 is 17.9 Å². The van der Waals surface area contributed by atoms with Crippen LogP contribution >= 0.6 is 11.3 Å². The van der Waals surface area contributed by atoms with Crippen molar-refractivity contribution in [3.05, 3.63) is 75.7 Å². The quantitative estimate of drug-likeness (QED) is 0.226. The van der Waals surface area contributed by atoms with Gasteiger partial charge in [-0.3, -0.25) is 14.4 Å². The third-order valence-corrected chi connectivity index (χ3v) is 12.5. The molecule has 0 spiro atoms. The zero-order valence-electron chi connectivity index (χ0n) is 29.3. The molecule has 1 saturated carbocycles. The Morgan fingerprint density at radius 1 is 0.939 bits per heavy atom. The van der Waals surface area contributed by atoms with Gasteiger partial charge in [-0.15, -0.1) is 11.3 Å². The number of hydrogen-bond acceptors (Lipinski definition) is 6. The highest BCUT2D eigenvalue weighted by molar-refractivity contribution is 7.14. The molecule has 2 amide bonds. The van der Waals surface area contributed by atoms with Crippen LogP contribution in [0.3, 0.4) is 0 Å². The number of carbonyl (C=O) groups is 3. The second-order valence-corrected chi connectivity index (χ2v) is 16.5. The van der Waals surface area contributed by atoms with Gasteiger partial charge in [0.05, 0.1) is 10.8 Å². The first-order valence-corrected chi connectivity index (χ1v) is 18.8. The van der Waals surface area contributed by atoms with Gasteiger partial charge in [-0.1, -0.05) is 77.3 Å². The van der Waals surface area contributed by atoms with Crippen LogP contribution in [0.1, 0.15) is 105 Å². The number of amides is 2. The third kappa shape index (κ3) is 8.31. The summed E-state index contributed by atoms with van der Waals surface area (Å²) < 4.78 is 0. The van der Waals surface area contributed by atoms with Gasteiger partial charge in [0.25, 0.3) is 5.91 Å². The normalized spacial score (nSPS) is 22.2. The number of rotatable bonds is 10. The molecule has 8 nitrogen and oxygen atoms in total. The van der Waals surface area contributed by atoms with Crippen molar-refractivity contribution in [2.24, 2.45) is 23.7 Å². The summed E-state index contributed by atoms with van der Waals surface area (Å²) in [5, 5.41) is 12.3. The van der Waals surface area contributed by atoms with Gasteiger partial charge < -0.3 is 15.3 Å². The van der Waals surface area contributed by atoms with Crippen LogP contribution in [-0.2, 0) is 21.4 Å². The molecule has 2 aliphatic carbocycles. The summed E-state index contributed by atoms with van der Waals surface area (Å²) in [5.74, 6) is 1.23. The van der Waals surface area contributed by atoms with Crippen LogP contribution in [0.2, 0.25) is 0 Å². The molecule has 2 atom stereocenters. The van der Waals surface area contributed by atoms with Crippen molar-refractivity contribution in [1.82, 2.24) is 20.2 Å². The zero-order valence-corrected chi connectivity index (χ0v) is 30.1. The van der Waals surface area contributed by atoms with E-state index >= 15 is 0 Å². The van der Waals surface area contributed by atoms with Crippen molar-refractivity contribution in [2.75, 3.05) is 13.1 Å². The molecule has 260 valence electrons. The van der Waals surface area contributed by atoms with Crippen LogP contribution in [-0.4, -0.2) is 56.9 Å². The van der Waals surface area contributed by atoms with Gasteiger partial charge in [0, 0.05) is 47.9 Å². The Kier molecular flexibility index (Phi) is 10.7. The molecule has 2 aromatic heterocycles. The molecular formula is C40H50N4O4S. The minimum Gasteiger partial charge on any atom is -0.481 e. The lowest BCUT2D eigenvalue weighted by Gasteiger charge is -2.38. The Labute approximate surface area is 294 Å². The molecule has 3 aromatic rings. The van der Waals surface area contributed by atoms with E-state index in [1.165, 1.54) is 60.3 Å². The molecule has 3 heterocycles. The monoisotopic (exact) mass is 682 g/mol. The van der Waals surface area contributed by atoms with Crippen molar-refractivity contribution < 1.29 is 19.5 Å². The molecule has 2 N–H and O–H groups in total. The summed E-state index contributed by atoms with van der Waals surface area (Å²) in [7, 11) is 0. The number of aliphatic carboxylic acids is 1. The Morgan fingerprint density at radius 2 is 1.63 bits per heavy atom. The topological polar surface area (TPSA) is 112 Å². The standard InChI is InChI=1S/C40H50N4O4S/c1-5-25-6-10-27(11-7-25)28-14-16-29(17-15-28)31-21-41-36(42-22-31)30-12-8-26(9-13-30)20-33(38(46)44-23-32(24-44)39(47)48)43-37(45)34-18-19-35(49-34)40(2,3)4/h8-9,12-13,16,18-19,21-22,25,27-28,32-33H,5-7,10-11,14-15,17,20,23-24H2,1-4H3,(H,43,45)(H,47,48)/t25-,27-,28?,33-/m0/s1. The summed E-state index contributed by atoms with van der Waals surface area (Å²) in [6.07, 6.45) is 17.0. The minimum absolute atomic E-state index is 0.0859. The van der Waals surface area contributed by atoms with E-state index in [1.54, 1.807) is 6.07 Å². The maximum atomic E-state index is 13.5. The molecular weight excluding hydrogens is 633 g/mol. The van der Waals surface area contributed by atoms with E-state index in [0.29, 0.717) is 10.7 Å². The van der Waals surface area contributed by atoms with Crippen molar-refractivity contribution in [2.45, 2.75) is 96.9 Å². The predicted molar refractivity (Wildman–Crippen MR) is 194 cm³/mol. The first kappa shape index (κ1) is 35.0. The van der Waals surface area contributed by atoms with E-state index in [-0.39, 0.29) is 36.7 Å². The highest BCUT2D eigenvalue weighted by atomic mass is 32.1. The van der Waals surface area contributed by atoms with Crippen molar-refractivity contribution >= 4 is 34.7 Å². The average molecular weight is 683 g/mol. The maximum absolute atomic E-state index is 13.5. The number of benzene rings is 1. The molecule has 3 aliphatic rings. The van der Waals surface area contributed by atoms with Crippen LogP contribution in [0.25, 0.3) is 17.0 Å². The minimum atomic E-state index is -0.910. The smallest absolute Gasteiger partial charge is 0.310 e. The Balaban J connectivity index is 1.09. The SMILES string of the molecule is CC[C@H]1CC[C@H](C2CC=C(c3cnc(-c4ccc(C[C@H](NC(=O)c5ccc(C(C)(C)C)s5)C(=O)N5CC(C(=O)O)C5)cc4)nc3)CC2)CC1. The molecule has 6 rings (SSSR count). The maximum Gasteiger partial charge on any atom is 0.310 e. The van der Waals surface area contributed by atoms with Gasteiger partial charge in [0.15, 0.2) is 5.82 Å². The lowest BCUT2D eigenvalue weighted by atomic mass is 9.71. The molecule has 1 saturated heterocycles. The molecule has 49 heavy (non-hydrogen) atoms. The second kappa shape index (κ2) is 15.0. The molecule has 1 aliphatic heterocycles. The fraction of sp³-hybridized carbons (Fsp3) is 0.525. The molecule has 9 heteroatoms. The van der Waals surface area contributed by atoms with Gasteiger partial charge in [0.2, 0.25) is 5.91 Å². The lowest BCUT2D eigenvalue weighted by molar-refractivity contribution is -0.153. The number of carboxylic acids is 1. The molecule has 1 unspecified atom stereocenters.